The third-order valence-corrected chi connectivity index (χ3v) is 2.75. The molecule has 100 valence electrons. The predicted octanol–water partition coefficient (Wildman–Crippen LogP) is 2.59. The van der Waals surface area contributed by atoms with Crippen molar-refractivity contribution in [2.75, 3.05) is 11.9 Å². The zero-order valence-electron chi connectivity index (χ0n) is 11.2. The normalized spacial score (nSPS) is 9.50. The molecular weight excluding hydrogens is 250 g/mol. The Labute approximate surface area is 118 Å². The quantitative estimate of drug-likeness (QED) is 0.820. The molecule has 0 aromatic heterocycles. The summed E-state index contributed by atoms with van der Waals surface area (Å²) >= 11 is 0. The number of nitrogens with one attached hydrogen (secondary N) is 1. The number of hydrogen-bond donors (Lipinski definition) is 2. The molecule has 0 saturated heterocycles. The number of anilines is 1. The molecule has 3 nitrogen and oxygen atoms in total. The summed E-state index contributed by atoms with van der Waals surface area (Å²) in [5, 5.41) is 11.5. The van der Waals surface area contributed by atoms with Gasteiger partial charge in [0.25, 0.3) is 5.91 Å². The van der Waals surface area contributed by atoms with Gasteiger partial charge in [-0.25, -0.2) is 0 Å². The second-order valence-electron chi connectivity index (χ2n) is 4.36. The fourth-order valence-electron chi connectivity index (χ4n) is 1.72. The number of aliphatic hydroxyl groups is 1. The zero-order chi connectivity index (χ0) is 14.4. The maximum Gasteiger partial charge on any atom is 0.255 e. The van der Waals surface area contributed by atoms with E-state index in [0.29, 0.717) is 11.1 Å². The first-order chi connectivity index (χ1) is 9.69. The highest BCUT2D eigenvalue weighted by molar-refractivity contribution is 6.04. The van der Waals surface area contributed by atoms with Gasteiger partial charge in [0.15, 0.2) is 0 Å². The third-order valence-electron chi connectivity index (χ3n) is 2.75. The van der Waals surface area contributed by atoms with E-state index in [4.69, 9.17) is 5.11 Å². The molecule has 2 N–H and O–H groups in total. The molecule has 0 aliphatic heterocycles. The Balaban J connectivity index is 2.14. The Morgan fingerprint density at radius 2 is 1.95 bits per heavy atom. The molecule has 0 radical (unpaired) electrons. The zero-order valence-corrected chi connectivity index (χ0v) is 11.2. The minimum absolute atomic E-state index is 0.179. The van der Waals surface area contributed by atoms with Gasteiger partial charge in [-0.15, -0.1) is 0 Å². The lowest BCUT2D eigenvalue weighted by Gasteiger charge is -2.06. The molecular formula is C17H15NO2. The monoisotopic (exact) mass is 265 g/mol. The van der Waals surface area contributed by atoms with Crippen LogP contribution in [0.25, 0.3) is 0 Å². The molecule has 2 rings (SSSR count). The Kier molecular flexibility index (Phi) is 4.54. The van der Waals surface area contributed by atoms with Gasteiger partial charge in [-0.2, -0.15) is 0 Å². The number of aliphatic hydroxyl groups excluding tert-OH is 1. The van der Waals surface area contributed by atoms with Gasteiger partial charge >= 0.3 is 0 Å². The Morgan fingerprint density at radius 1 is 1.20 bits per heavy atom. The summed E-state index contributed by atoms with van der Waals surface area (Å²) < 4.78 is 0. The van der Waals surface area contributed by atoms with Gasteiger partial charge in [0.2, 0.25) is 0 Å². The molecule has 3 heteroatoms. The Bertz CT molecular complexity index is 663. The second-order valence-corrected chi connectivity index (χ2v) is 4.36. The van der Waals surface area contributed by atoms with Crippen molar-refractivity contribution in [2.24, 2.45) is 0 Å². The molecule has 0 saturated carbocycles. The summed E-state index contributed by atoms with van der Waals surface area (Å²) in [6, 6.07) is 14.6. The molecule has 0 heterocycles. The number of carbonyl (C=O) groups is 1. The van der Waals surface area contributed by atoms with Crippen molar-refractivity contribution >= 4 is 11.6 Å². The van der Waals surface area contributed by atoms with Crippen LogP contribution in [0.15, 0.2) is 48.5 Å². The lowest BCUT2D eigenvalue weighted by molar-refractivity contribution is 0.102. The highest BCUT2D eigenvalue weighted by atomic mass is 16.2. The van der Waals surface area contributed by atoms with E-state index in [0.717, 1.165) is 11.3 Å². The molecule has 2 aromatic rings. The largest absolute Gasteiger partial charge is 0.384 e. The molecule has 0 bridgehead atoms. The molecule has 2 aromatic carbocycles. The van der Waals surface area contributed by atoms with Crippen LogP contribution in [0.5, 0.6) is 0 Å². The number of rotatable bonds is 2. The molecule has 0 fully saturated rings. The summed E-state index contributed by atoms with van der Waals surface area (Å²) in [6.45, 7) is 1.80. The van der Waals surface area contributed by atoms with Gasteiger partial charge in [0.1, 0.15) is 6.61 Å². The fourth-order valence-corrected chi connectivity index (χ4v) is 1.72. The van der Waals surface area contributed by atoms with Gasteiger partial charge in [0, 0.05) is 16.8 Å². The maximum absolute atomic E-state index is 12.1. The summed E-state index contributed by atoms with van der Waals surface area (Å²) in [5.74, 6) is 5.16. The molecule has 0 aliphatic rings. The topological polar surface area (TPSA) is 49.3 Å². The lowest BCUT2D eigenvalue weighted by Crippen LogP contribution is -2.11. The van der Waals surface area contributed by atoms with Crippen molar-refractivity contribution in [1.29, 1.82) is 0 Å². The third kappa shape index (κ3) is 3.71. The first-order valence-corrected chi connectivity index (χ1v) is 6.27. The van der Waals surface area contributed by atoms with Crippen LogP contribution in [0.2, 0.25) is 0 Å². The Morgan fingerprint density at radius 3 is 2.65 bits per heavy atom. The highest BCUT2D eigenvalue weighted by Crippen LogP contribution is 2.11. The van der Waals surface area contributed by atoms with Crippen LogP contribution in [0.1, 0.15) is 21.5 Å². The first-order valence-electron chi connectivity index (χ1n) is 6.27. The number of carbonyl (C=O) groups excluding carboxylic acids is 1. The van der Waals surface area contributed by atoms with Gasteiger partial charge < -0.3 is 10.4 Å². The van der Waals surface area contributed by atoms with E-state index >= 15 is 0 Å². The Hall–Kier alpha value is -2.57. The minimum atomic E-state index is -0.195. The summed E-state index contributed by atoms with van der Waals surface area (Å²) in [7, 11) is 0. The van der Waals surface area contributed by atoms with E-state index in [1.165, 1.54) is 0 Å². The van der Waals surface area contributed by atoms with E-state index in [1.807, 2.05) is 31.2 Å². The number of hydrogen-bond acceptors (Lipinski definition) is 2. The molecule has 0 unspecified atom stereocenters. The molecule has 0 spiro atoms. The van der Waals surface area contributed by atoms with E-state index in [-0.39, 0.29) is 12.5 Å². The van der Waals surface area contributed by atoms with Crippen molar-refractivity contribution in [3.05, 3.63) is 65.2 Å². The summed E-state index contributed by atoms with van der Waals surface area (Å²) in [6.07, 6.45) is 0. The fraction of sp³-hybridized carbons (Fsp3) is 0.118. The lowest BCUT2D eigenvalue weighted by atomic mass is 10.1. The first kappa shape index (κ1) is 13.9. The van der Waals surface area contributed by atoms with Crippen LogP contribution in [-0.2, 0) is 0 Å². The second kappa shape index (κ2) is 6.55. The molecule has 0 aliphatic carbocycles. The summed E-state index contributed by atoms with van der Waals surface area (Å²) in [5.41, 5.74) is 3.14. The van der Waals surface area contributed by atoms with Crippen LogP contribution in [-0.4, -0.2) is 17.6 Å². The van der Waals surface area contributed by atoms with Crippen molar-refractivity contribution in [3.8, 4) is 11.8 Å². The van der Waals surface area contributed by atoms with Crippen molar-refractivity contribution in [3.63, 3.8) is 0 Å². The van der Waals surface area contributed by atoms with Gasteiger partial charge in [-0.05, 0) is 37.3 Å². The van der Waals surface area contributed by atoms with Crippen LogP contribution in [0.4, 0.5) is 5.69 Å². The van der Waals surface area contributed by atoms with Crippen LogP contribution in [0.3, 0.4) is 0 Å². The van der Waals surface area contributed by atoms with E-state index in [9.17, 15) is 4.79 Å². The van der Waals surface area contributed by atoms with E-state index in [1.54, 1.807) is 24.3 Å². The number of amides is 1. The van der Waals surface area contributed by atoms with Crippen LogP contribution in [0, 0.1) is 18.8 Å². The minimum Gasteiger partial charge on any atom is -0.384 e. The van der Waals surface area contributed by atoms with Gasteiger partial charge in [-0.3, -0.25) is 4.79 Å². The van der Waals surface area contributed by atoms with Crippen molar-refractivity contribution in [2.45, 2.75) is 6.92 Å². The van der Waals surface area contributed by atoms with Crippen LogP contribution >= 0.6 is 0 Å². The van der Waals surface area contributed by atoms with Crippen molar-refractivity contribution < 1.29 is 9.90 Å². The van der Waals surface area contributed by atoms with Crippen molar-refractivity contribution in [1.82, 2.24) is 0 Å². The molecule has 20 heavy (non-hydrogen) atoms. The number of aryl methyl sites for hydroxylation is 1. The molecule has 0 atom stereocenters. The standard InChI is InChI=1S/C17H15NO2/c1-13-7-9-16(10-8-13)18-17(20)15-6-2-4-14(12-15)5-3-11-19/h2,4,6-10,12,19H,11H2,1H3,(H,18,20). The maximum atomic E-state index is 12.1. The molecule has 1 amide bonds. The van der Waals surface area contributed by atoms with Gasteiger partial charge in [-0.1, -0.05) is 35.6 Å². The highest BCUT2D eigenvalue weighted by Gasteiger charge is 2.06. The average molecular weight is 265 g/mol. The van der Waals surface area contributed by atoms with Gasteiger partial charge in [0.05, 0.1) is 0 Å². The van der Waals surface area contributed by atoms with E-state index in [2.05, 4.69) is 17.2 Å². The smallest absolute Gasteiger partial charge is 0.255 e. The van der Waals surface area contributed by atoms with E-state index < -0.39 is 0 Å². The summed E-state index contributed by atoms with van der Waals surface area (Å²) in [4.78, 5) is 12.1. The van der Waals surface area contributed by atoms with Crippen LogP contribution < -0.4 is 5.32 Å². The SMILES string of the molecule is Cc1ccc(NC(=O)c2cccc(C#CCO)c2)cc1. The number of benzene rings is 2. The average Bonchev–Trinajstić information content (AvgIpc) is 2.48. The predicted molar refractivity (Wildman–Crippen MR) is 79.5 cm³/mol.